The summed E-state index contributed by atoms with van der Waals surface area (Å²) in [6.45, 7) is -1.38. The molecule has 0 fully saturated rings. The third-order valence-electron chi connectivity index (χ3n) is 5.34. The maximum absolute atomic E-state index is 14.2. The van der Waals surface area contributed by atoms with Crippen molar-refractivity contribution in [1.29, 1.82) is 0 Å². The number of carbonyl (C=O) groups is 3. The van der Waals surface area contributed by atoms with Crippen molar-refractivity contribution in [2.24, 2.45) is 0 Å². The number of alkyl carbamates (subject to hydrolysis) is 1. The maximum Gasteiger partial charge on any atom is 0.407 e. The number of thioether (sulfide) groups is 1. The minimum Gasteiger partial charge on any atom is -0.480 e. The summed E-state index contributed by atoms with van der Waals surface area (Å²) in [5.41, 5.74) is 4.00. The highest BCUT2D eigenvalue weighted by molar-refractivity contribution is 7.98. The molecule has 10 heteroatoms. The fourth-order valence-electron chi connectivity index (χ4n) is 3.67. The van der Waals surface area contributed by atoms with Gasteiger partial charge in [-0.25, -0.2) is 9.59 Å². The van der Waals surface area contributed by atoms with Crippen LogP contribution in [0.3, 0.4) is 0 Å². The summed E-state index contributed by atoms with van der Waals surface area (Å²) in [5.74, 6) is -7.04. The Balaban J connectivity index is 1.55. The van der Waals surface area contributed by atoms with Crippen LogP contribution < -0.4 is 10.6 Å². The Morgan fingerprint density at radius 2 is 1.67 bits per heavy atom. The highest BCUT2D eigenvalue weighted by Crippen LogP contribution is 2.44. The van der Waals surface area contributed by atoms with E-state index in [-0.39, 0.29) is 18.9 Å². The number of hydrogen-bond donors (Lipinski definition) is 3. The Morgan fingerprint density at radius 3 is 2.21 bits per heavy atom. The number of halogens is 2. The van der Waals surface area contributed by atoms with Gasteiger partial charge in [0.05, 0.1) is 6.54 Å². The number of amides is 2. The van der Waals surface area contributed by atoms with Crippen molar-refractivity contribution in [2.45, 2.75) is 24.3 Å². The van der Waals surface area contributed by atoms with Crippen LogP contribution in [0.5, 0.6) is 0 Å². The number of hydrogen-bond acceptors (Lipinski definition) is 5. The largest absolute Gasteiger partial charge is 0.480 e. The molecule has 2 aromatic carbocycles. The molecule has 0 spiro atoms. The van der Waals surface area contributed by atoms with Gasteiger partial charge >= 0.3 is 18.0 Å². The summed E-state index contributed by atoms with van der Waals surface area (Å²) in [6, 6.07) is 13.9. The molecular weight excluding hydrogens is 454 g/mol. The van der Waals surface area contributed by atoms with Crippen molar-refractivity contribution in [3.05, 3.63) is 59.7 Å². The first-order chi connectivity index (χ1) is 15.7. The van der Waals surface area contributed by atoms with Crippen LogP contribution in [0.4, 0.5) is 13.6 Å². The lowest BCUT2D eigenvalue weighted by Gasteiger charge is -2.20. The van der Waals surface area contributed by atoms with Gasteiger partial charge in [-0.05, 0) is 40.7 Å². The van der Waals surface area contributed by atoms with Gasteiger partial charge in [-0.15, -0.1) is 0 Å². The van der Waals surface area contributed by atoms with Gasteiger partial charge in [-0.2, -0.15) is 20.5 Å². The van der Waals surface area contributed by atoms with Crippen LogP contribution in [0.1, 0.15) is 23.5 Å². The summed E-state index contributed by atoms with van der Waals surface area (Å²) >= 11 is 1.33. The van der Waals surface area contributed by atoms with E-state index in [0.29, 0.717) is 5.75 Å². The summed E-state index contributed by atoms with van der Waals surface area (Å²) in [4.78, 5) is 35.1. The molecule has 7 nitrogen and oxygen atoms in total. The zero-order valence-corrected chi connectivity index (χ0v) is 18.7. The van der Waals surface area contributed by atoms with Crippen molar-refractivity contribution in [3.63, 3.8) is 0 Å². The second kappa shape index (κ2) is 10.7. The van der Waals surface area contributed by atoms with E-state index in [1.54, 1.807) is 6.26 Å². The number of ether oxygens (including phenoxy) is 1. The zero-order valence-electron chi connectivity index (χ0n) is 17.8. The molecule has 0 bridgehead atoms. The molecule has 1 atom stereocenters. The number of aliphatic carboxylic acids is 1. The average molecular weight is 479 g/mol. The fraction of sp³-hybridized carbons (Fsp3) is 0.348. The van der Waals surface area contributed by atoms with Gasteiger partial charge in [0.15, 0.2) is 0 Å². The highest BCUT2D eigenvalue weighted by atomic mass is 32.2. The lowest BCUT2D eigenvalue weighted by Crippen LogP contribution is -2.52. The van der Waals surface area contributed by atoms with E-state index in [1.807, 2.05) is 59.2 Å². The van der Waals surface area contributed by atoms with Crippen LogP contribution in [0.15, 0.2) is 48.5 Å². The van der Waals surface area contributed by atoms with Crippen LogP contribution in [0.25, 0.3) is 11.1 Å². The predicted molar refractivity (Wildman–Crippen MR) is 121 cm³/mol. The van der Waals surface area contributed by atoms with Crippen LogP contribution in [0.2, 0.25) is 0 Å². The standard InChI is InChI=1S/C23H24F2N2O5S/c1-33-11-10-19(20(28)29)27-21(30)23(24,25)13-26-22(31)32-12-18-16-8-4-2-6-14(16)15-7-3-5-9-17(15)18/h2-9,18-19H,10-13H2,1H3,(H,26,31)(H,27,30)(H,28,29)/t19-/m0/s1. The second-order valence-corrected chi connectivity index (χ2v) is 8.51. The van der Waals surface area contributed by atoms with E-state index < -0.39 is 36.5 Å². The normalized spacial score (nSPS) is 13.5. The SMILES string of the molecule is CSCC[C@H](NC(=O)C(F)(F)CNC(=O)OCC1c2ccccc2-c2ccccc21)C(=O)O. The summed E-state index contributed by atoms with van der Waals surface area (Å²) in [5, 5.41) is 12.8. The minimum atomic E-state index is -4.00. The molecule has 176 valence electrons. The quantitative estimate of drug-likeness (QED) is 0.483. The van der Waals surface area contributed by atoms with Crippen LogP contribution >= 0.6 is 11.8 Å². The number of carboxylic acid groups (broad SMARTS) is 1. The Bertz CT molecular complexity index is 988. The molecule has 1 aliphatic carbocycles. The molecule has 2 amide bonds. The van der Waals surface area contributed by atoms with E-state index >= 15 is 0 Å². The van der Waals surface area contributed by atoms with Crippen LogP contribution in [0, 0.1) is 0 Å². The molecule has 0 saturated heterocycles. The van der Waals surface area contributed by atoms with Crippen molar-refractivity contribution < 1.29 is 33.0 Å². The van der Waals surface area contributed by atoms with Gasteiger partial charge in [0.1, 0.15) is 12.6 Å². The van der Waals surface area contributed by atoms with Crippen molar-refractivity contribution in [2.75, 3.05) is 25.2 Å². The molecule has 3 rings (SSSR count). The van der Waals surface area contributed by atoms with E-state index in [9.17, 15) is 23.2 Å². The van der Waals surface area contributed by atoms with Gasteiger partial charge in [0.2, 0.25) is 0 Å². The Labute approximate surface area is 193 Å². The monoisotopic (exact) mass is 478 g/mol. The first-order valence-electron chi connectivity index (χ1n) is 10.2. The molecule has 0 radical (unpaired) electrons. The van der Waals surface area contributed by atoms with Gasteiger partial charge in [-0.3, -0.25) is 4.79 Å². The maximum atomic E-state index is 14.2. The first kappa shape index (κ1) is 24.5. The van der Waals surface area contributed by atoms with Gasteiger partial charge < -0.3 is 20.5 Å². The smallest absolute Gasteiger partial charge is 0.407 e. The molecule has 0 unspecified atom stereocenters. The van der Waals surface area contributed by atoms with Crippen LogP contribution in [-0.4, -0.2) is 60.2 Å². The number of nitrogens with one attached hydrogen (secondary N) is 2. The van der Waals surface area contributed by atoms with Gasteiger partial charge in [-0.1, -0.05) is 48.5 Å². The molecule has 3 N–H and O–H groups in total. The van der Waals surface area contributed by atoms with E-state index in [0.717, 1.165) is 22.3 Å². The fourth-order valence-corrected chi connectivity index (χ4v) is 4.14. The highest BCUT2D eigenvalue weighted by Gasteiger charge is 2.41. The molecule has 0 heterocycles. The number of rotatable bonds is 10. The topological polar surface area (TPSA) is 105 Å². The third kappa shape index (κ3) is 5.81. The number of alkyl halides is 2. The lowest BCUT2D eigenvalue weighted by molar-refractivity contribution is -0.150. The zero-order chi connectivity index (χ0) is 24.0. The summed E-state index contributed by atoms with van der Waals surface area (Å²) < 4.78 is 33.5. The Hall–Kier alpha value is -3.14. The van der Waals surface area contributed by atoms with Crippen molar-refractivity contribution >= 4 is 29.7 Å². The second-order valence-electron chi connectivity index (χ2n) is 7.53. The number of carbonyl (C=O) groups excluding carboxylic acids is 2. The number of benzene rings is 2. The molecule has 1 aliphatic rings. The minimum absolute atomic E-state index is 0.00186. The van der Waals surface area contributed by atoms with Gasteiger partial charge in [0, 0.05) is 5.92 Å². The summed E-state index contributed by atoms with van der Waals surface area (Å²) in [7, 11) is 0. The van der Waals surface area contributed by atoms with Gasteiger partial charge in [0.25, 0.3) is 5.91 Å². The molecule has 0 saturated carbocycles. The molecule has 0 aromatic heterocycles. The first-order valence-corrected chi connectivity index (χ1v) is 11.6. The van der Waals surface area contributed by atoms with E-state index in [4.69, 9.17) is 9.84 Å². The molecule has 0 aliphatic heterocycles. The number of carboxylic acids is 1. The lowest BCUT2D eigenvalue weighted by atomic mass is 9.98. The van der Waals surface area contributed by atoms with E-state index in [1.165, 1.54) is 11.8 Å². The average Bonchev–Trinajstić information content (AvgIpc) is 3.12. The van der Waals surface area contributed by atoms with E-state index in [2.05, 4.69) is 0 Å². The predicted octanol–water partition coefficient (Wildman–Crippen LogP) is 3.48. The molecular formula is C23H24F2N2O5S. The van der Waals surface area contributed by atoms with Crippen molar-refractivity contribution in [1.82, 2.24) is 10.6 Å². The van der Waals surface area contributed by atoms with Crippen LogP contribution in [-0.2, 0) is 14.3 Å². The molecule has 2 aromatic rings. The third-order valence-corrected chi connectivity index (χ3v) is 5.99. The van der Waals surface area contributed by atoms with Crippen molar-refractivity contribution in [3.8, 4) is 11.1 Å². The summed E-state index contributed by atoms with van der Waals surface area (Å²) in [6.07, 6.45) is 0.632. The molecule has 33 heavy (non-hydrogen) atoms. The Morgan fingerprint density at radius 1 is 1.09 bits per heavy atom. The number of fused-ring (bicyclic) bond motifs is 3. The Kier molecular flexibility index (Phi) is 7.91.